The molecule has 2 amide bonds. The van der Waals surface area contributed by atoms with Gasteiger partial charge >= 0.3 is 6.03 Å². The molecule has 2 rings (SSSR count). The van der Waals surface area contributed by atoms with Crippen molar-refractivity contribution in [2.24, 2.45) is 0 Å². The van der Waals surface area contributed by atoms with Crippen LogP contribution in [0.2, 0.25) is 0 Å². The van der Waals surface area contributed by atoms with Crippen molar-refractivity contribution in [3.05, 3.63) is 30.1 Å². The topological polar surface area (TPSA) is 53.2 Å². The molecule has 1 aliphatic rings. The van der Waals surface area contributed by atoms with Gasteiger partial charge in [0.1, 0.15) is 5.82 Å². The molecule has 0 bridgehead atoms. The smallest absolute Gasteiger partial charge is 0.319 e. The summed E-state index contributed by atoms with van der Waals surface area (Å²) in [5.74, 6) is -0.359. The Bertz CT molecular complexity index is 391. The second kappa shape index (κ2) is 5.63. The van der Waals surface area contributed by atoms with Gasteiger partial charge in [-0.25, -0.2) is 9.18 Å². The molecular formula is C12H16FN3O. The van der Waals surface area contributed by atoms with Crippen LogP contribution in [0.25, 0.3) is 0 Å². The largest absolute Gasteiger partial charge is 0.334 e. The molecule has 1 aliphatic heterocycles. The van der Waals surface area contributed by atoms with E-state index in [0.717, 1.165) is 25.9 Å². The van der Waals surface area contributed by atoms with E-state index >= 15 is 0 Å². The van der Waals surface area contributed by atoms with Gasteiger partial charge in [-0.15, -0.1) is 0 Å². The van der Waals surface area contributed by atoms with Crippen LogP contribution in [-0.2, 0) is 0 Å². The molecule has 92 valence electrons. The number of rotatable bonds is 2. The maximum Gasteiger partial charge on any atom is 0.319 e. The Morgan fingerprint density at radius 2 is 2.35 bits per heavy atom. The zero-order valence-electron chi connectivity index (χ0n) is 9.50. The fourth-order valence-electron chi connectivity index (χ4n) is 1.89. The van der Waals surface area contributed by atoms with E-state index in [9.17, 15) is 9.18 Å². The molecule has 0 radical (unpaired) electrons. The van der Waals surface area contributed by atoms with Crippen molar-refractivity contribution in [2.75, 3.05) is 18.4 Å². The minimum absolute atomic E-state index is 0.150. The molecule has 1 saturated heterocycles. The first-order valence-corrected chi connectivity index (χ1v) is 5.78. The first kappa shape index (κ1) is 11.9. The number of urea groups is 1. The van der Waals surface area contributed by atoms with Crippen LogP contribution < -0.4 is 16.0 Å². The Morgan fingerprint density at radius 1 is 1.47 bits per heavy atom. The van der Waals surface area contributed by atoms with Crippen LogP contribution in [0, 0.1) is 5.82 Å². The van der Waals surface area contributed by atoms with Gasteiger partial charge in [0.25, 0.3) is 0 Å². The summed E-state index contributed by atoms with van der Waals surface area (Å²) in [4.78, 5) is 11.6. The molecule has 0 spiro atoms. The predicted octanol–water partition coefficient (Wildman–Crippen LogP) is 1.70. The Hall–Kier alpha value is -1.62. The minimum Gasteiger partial charge on any atom is -0.334 e. The highest BCUT2D eigenvalue weighted by Gasteiger charge is 2.15. The van der Waals surface area contributed by atoms with E-state index in [1.165, 1.54) is 12.1 Å². The van der Waals surface area contributed by atoms with Gasteiger partial charge < -0.3 is 16.0 Å². The van der Waals surface area contributed by atoms with Crippen LogP contribution in [0.1, 0.15) is 12.8 Å². The minimum atomic E-state index is -0.359. The molecule has 0 unspecified atom stereocenters. The number of amides is 2. The number of carbonyl (C=O) groups excluding carboxylic acids is 1. The van der Waals surface area contributed by atoms with Gasteiger partial charge in [0.15, 0.2) is 0 Å². The molecule has 1 atom stereocenters. The highest BCUT2D eigenvalue weighted by molar-refractivity contribution is 5.89. The third-order valence-electron chi connectivity index (χ3n) is 2.71. The average molecular weight is 237 g/mol. The molecule has 5 heteroatoms. The molecule has 1 aromatic carbocycles. The van der Waals surface area contributed by atoms with Crippen molar-refractivity contribution in [1.82, 2.24) is 10.6 Å². The molecule has 1 aromatic rings. The fraction of sp³-hybridized carbons (Fsp3) is 0.417. The molecule has 3 N–H and O–H groups in total. The Kier molecular flexibility index (Phi) is 3.93. The van der Waals surface area contributed by atoms with Gasteiger partial charge in [-0.05, 0) is 37.6 Å². The number of carbonyl (C=O) groups is 1. The van der Waals surface area contributed by atoms with Crippen LogP contribution in [-0.4, -0.2) is 25.2 Å². The third kappa shape index (κ3) is 3.71. The van der Waals surface area contributed by atoms with E-state index < -0.39 is 0 Å². The lowest BCUT2D eigenvalue weighted by Crippen LogP contribution is -2.47. The highest BCUT2D eigenvalue weighted by Crippen LogP contribution is 2.09. The molecule has 1 fully saturated rings. The maximum absolute atomic E-state index is 12.9. The summed E-state index contributed by atoms with van der Waals surface area (Å²) in [5.41, 5.74) is 0.464. The predicted molar refractivity (Wildman–Crippen MR) is 64.4 cm³/mol. The Balaban J connectivity index is 1.84. The van der Waals surface area contributed by atoms with Crippen molar-refractivity contribution in [2.45, 2.75) is 18.9 Å². The summed E-state index contributed by atoms with van der Waals surface area (Å²) in [6.07, 6.45) is 2.04. The number of benzene rings is 1. The summed E-state index contributed by atoms with van der Waals surface area (Å²) in [6.45, 7) is 1.79. The van der Waals surface area contributed by atoms with Gasteiger partial charge in [0, 0.05) is 18.3 Å². The van der Waals surface area contributed by atoms with Crippen molar-refractivity contribution in [3.63, 3.8) is 0 Å². The molecule has 17 heavy (non-hydrogen) atoms. The fourth-order valence-corrected chi connectivity index (χ4v) is 1.89. The zero-order chi connectivity index (χ0) is 12.1. The third-order valence-corrected chi connectivity index (χ3v) is 2.71. The average Bonchev–Trinajstić information content (AvgIpc) is 2.30. The van der Waals surface area contributed by atoms with Gasteiger partial charge in [-0.3, -0.25) is 0 Å². The van der Waals surface area contributed by atoms with E-state index in [0.29, 0.717) is 5.69 Å². The standard InChI is InChI=1S/C12H16FN3O/c13-9-3-1-4-10(7-9)15-12(17)16-11-5-2-6-14-8-11/h1,3-4,7,11,14H,2,5-6,8H2,(H2,15,16,17)/t11-/m1/s1. The summed E-state index contributed by atoms with van der Waals surface area (Å²) in [5, 5.41) is 8.67. The van der Waals surface area contributed by atoms with Gasteiger partial charge in [0.05, 0.1) is 0 Å². The molecular weight excluding hydrogens is 221 g/mol. The number of piperidine rings is 1. The molecule has 4 nitrogen and oxygen atoms in total. The monoisotopic (exact) mass is 237 g/mol. The van der Waals surface area contributed by atoms with E-state index in [1.807, 2.05) is 0 Å². The van der Waals surface area contributed by atoms with Gasteiger partial charge in [-0.2, -0.15) is 0 Å². The lowest BCUT2D eigenvalue weighted by molar-refractivity contribution is 0.245. The Labute approximate surface area is 99.6 Å². The second-order valence-electron chi connectivity index (χ2n) is 4.15. The first-order valence-electron chi connectivity index (χ1n) is 5.78. The van der Waals surface area contributed by atoms with E-state index in [2.05, 4.69) is 16.0 Å². The van der Waals surface area contributed by atoms with Crippen LogP contribution in [0.15, 0.2) is 24.3 Å². The maximum atomic E-state index is 12.9. The van der Waals surface area contributed by atoms with Crippen LogP contribution >= 0.6 is 0 Å². The zero-order valence-corrected chi connectivity index (χ0v) is 9.50. The lowest BCUT2D eigenvalue weighted by Gasteiger charge is -2.23. The molecule has 0 aromatic heterocycles. The van der Waals surface area contributed by atoms with E-state index in [4.69, 9.17) is 0 Å². The van der Waals surface area contributed by atoms with Crippen molar-refractivity contribution >= 4 is 11.7 Å². The quantitative estimate of drug-likeness (QED) is 0.733. The van der Waals surface area contributed by atoms with E-state index in [1.54, 1.807) is 12.1 Å². The first-order chi connectivity index (χ1) is 8.24. The van der Waals surface area contributed by atoms with Crippen LogP contribution in [0.3, 0.4) is 0 Å². The molecule has 1 heterocycles. The van der Waals surface area contributed by atoms with Crippen molar-refractivity contribution in [3.8, 4) is 0 Å². The SMILES string of the molecule is O=C(Nc1cccc(F)c1)N[C@@H]1CCCNC1. The normalized spacial score (nSPS) is 19.7. The lowest BCUT2D eigenvalue weighted by atomic mass is 10.1. The number of hydrogen-bond acceptors (Lipinski definition) is 2. The van der Waals surface area contributed by atoms with Crippen molar-refractivity contribution in [1.29, 1.82) is 0 Å². The second-order valence-corrected chi connectivity index (χ2v) is 4.15. The van der Waals surface area contributed by atoms with Gasteiger partial charge in [0.2, 0.25) is 0 Å². The number of hydrogen-bond donors (Lipinski definition) is 3. The Morgan fingerprint density at radius 3 is 3.06 bits per heavy atom. The number of nitrogens with one attached hydrogen (secondary N) is 3. The van der Waals surface area contributed by atoms with Crippen molar-refractivity contribution < 1.29 is 9.18 Å². The summed E-state index contributed by atoms with van der Waals surface area (Å²) < 4.78 is 12.9. The summed E-state index contributed by atoms with van der Waals surface area (Å²) >= 11 is 0. The summed E-state index contributed by atoms with van der Waals surface area (Å²) in [6, 6.07) is 5.71. The molecule has 0 aliphatic carbocycles. The van der Waals surface area contributed by atoms with Crippen LogP contribution in [0.4, 0.5) is 14.9 Å². The van der Waals surface area contributed by atoms with Gasteiger partial charge in [-0.1, -0.05) is 6.07 Å². The highest BCUT2D eigenvalue weighted by atomic mass is 19.1. The van der Waals surface area contributed by atoms with E-state index in [-0.39, 0.29) is 17.9 Å². The number of anilines is 1. The number of halogens is 1. The summed E-state index contributed by atoms with van der Waals surface area (Å²) in [7, 11) is 0. The van der Waals surface area contributed by atoms with Crippen LogP contribution in [0.5, 0.6) is 0 Å². The molecule has 0 saturated carbocycles.